The second-order valence-electron chi connectivity index (χ2n) is 6.66. The third-order valence-corrected chi connectivity index (χ3v) is 8.07. The molecule has 2 aliphatic rings. The largest absolute Gasteiger partial charge is 0.427 e. The summed E-state index contributed by atoms with van der Waals surface area (Å²) in [5, 5.41) is -13.6. The molecule has 178 valence electrons. The van der Waals surface area contributed by atoms with Crippen LogP contribution in [0.15, 0.2) is 0 Å². The number of alkyl halides is 8. The number of hydrogen-bond acceptors (Lipinski definition) is 6. The Balaban J connectivity index is 2.43. The molecule has 2 aliphatic heterocycles. The van der Waals surface area contributed by atoms with Crippen LogP contribution in [0.2, 0.25) is 0 Å². The molecule has 0 aromatic rings. The van der Waals surface area contributed by atoms with Crippen LogP contribution in [0.3, 0.4) is 0 Å². The van der Waals surface area contributed by atoms with Crippen LogP contribution >= 0.6 is 0 Å². The Hall–Kier alpha value is -0.820. The SMILES string of the molecule is CN(CC1CO1)S(=O)(=O)C(F)(F)C(F)(F)C(F)(F)C(F)(F)S(=O)(=O)N(C)CC1CO1. The molecule has 0 bridgehead atoms. The molecule has 0 amide bonds. The molecule has 8 nitrogen and oxygen atoms in total. The predicted molar refractivity (Wildman–Crippen MR) is 82.4 cm³/mol. The van der Waals surface area contributed by atoms with Gasteiger partial charge in [-0.2, -0.15) is 43.7 Å². The van der Waals surface area contributed by atoms with Crippen LogP contribution in [0.1, 0.15) is 0 Å². The predicted octanol–water partition coefficient (Wildman–Crippen LogP) is 0.763. The molecule has 0 aromatic heterocycles. The summed E-state index contributed by atoms with van der Waals surface area (Å²) in [7, 11) is -12.6. The zero-order valence-corrected chi connectivity index (χ0v) is 16.8. The average molecular weight is 500 g/mol. The van der Waals surface area contributed by atoms with E-state index in [4.69, 9.17) is 0 Å². The zero-order chi connectivity index (χ0) is 23.6. The fourth-order valence-electron chi connectivity index (χ4n) is 2.20. The van der Waals surface area contributed by atoms with E-state index in [9.17, 15) is 52.0 Å². The molecule has 30 heavy (non-hydrogen) atoms. The molecule has 2 heterocycles. The van der Waals surface area contributed by atoms with Crippen molar-refractivity contribution in [1.29, 1.82) is 0 Å². The van der Waals surface area contributed by atoms with E-state index in [0.717, 1.165) is 0 Å². The van der Waals surface area contributed by atoms with E-state index < -0.39 is 76.3 Å². The number of rotatable bonds is 11. The van der Waals surface area contributed by atoms with Gasteiger partial charge in [0.25, 0.3) is 20.0 Å². The first-order chi connectivity index (χ1) is 13.2. The highest BCUT2D eigenvalue weighted by molar-refractivity contribution is 7.90. The number of likely N-dealkylation sites (N-methyl/N-ethyl adjacent to an activating group) is 2. The van der Waals surface area contributed by atoms with Gasteiger partial charge in [0.1, 0.15) is 0 Å². The fraction of sp³-hybridized carbons (Fsp3) is 1.00. The summed E-state index contributed by atoms with van der Waals surface area (Å²) in [4.78, 5) is 0. The minimum atomic E-state index is -7.33. The Kier molecular flexibility index (Phi) is 6.24. The zero-order valence-electron chi connectivity index (χ0n) is 15.2. The number of ether oxygens (including phenoxy) is 2. The summed E-state index contributed by atoms with van der Waals surface area (Å²) < 4.78 is 168. The van der Waals surface area contributed by atoms with Crippen molar-refractivity contribution in [2.75, 3.05) is 40.4 Å². The maximum Gasteiger partial charge on any atom is 0.427 e. The third kappa shape index (κ3) is 3.78. The van der Waals surface area contributed by atoms with Crippen molar-refractivity contribution < 1.29 is 61.4 Å². The van der Waals surface area contributed by atoms with Crippen LogP contribution < -0.4 is 0 Å². The summed E-state index contributed by atoms with van der Waals surface area (Å²) in [6.45, 7) is -2.16. The van der Waals surface area contributed by atoms with Gasteiger partial charge in [0, 0.05) is 27.2 Å². The van der Waals surface area contributed by atoms with Crippen LogP contribution in [0, 0.1) is 0 Å². The number of halogens is 8. The van der Waals surface area contributed by atoms with Crippen LogP contribution in [0.5, 0.6) is 0 Å². The van der Waals surface area contributed by atoms with Gasteiger partial charge in [-0.15, -0.1) is 0 Å². The second-order valence-corrected chi connectivity index (χ2v) is 10.8. The lowest BCUT2D eigenvalue weighted by atomic mass is 10.2. The lowest BCUT2D eigenvalue weighted by molar-refractivity contribution is -0.326. The second kappa shape index (κ2) is 7.36. The summed E-state index contributed by atoms with van der Waals surface area (Å²) in [6.07, 6.45) is -1.95. The quantitative estimate of drug-likeness (QED) is 0.307. The molecule has 0 aliphatic carbocycles. The van der Waals surface area contributed by atoms with Gasteiger partial charge < -0.3 is 9.47 Å². The maximum atomic E-state index is 14.1. The molecule has 18 heteroatoms. The molecule has 0 radical (unpaired) electrons. The molecular weight excluding hydrogens is 484 g/mol. The standard InChI is InChI=1S/C12H16F8N2O6S2/c1-21(3-7-5-27-7)29(23,24)11(17,18)9(13,14)10(15,16)12(19,20)30(25,26)22(2)4-8-6-28-8/h7-8H,3-6H2,1-2H3. The molecule has 2 rings (SSSR count). The molecule has 2 fully saturated rings. The van der Waals surface area contributed by atoms with Gasteiger partial charge in [-0.05, 0) is 0 Å². The fourth-order valence-corrected chi connectivity index (χ4v) is 4.61. The van der Waals surface area contributed by atoms with Crippen molar-refractivity contribution in [3.05, 3.63) is 0 Å². The van der Waals surface area contributed by atoms with Crippen LogP contribution in [0.4, 0.5) is 35.1 Å². The Bertz CT molecular complexity index is 801. The van der Waals surface area contributed by atoms with Crippen molar-refractivity contribution in [2.45, 2.75) is 34.6 Å². The Labute approximate surface area is 165 Å². The van der Waals surface area contributed by atoms with Crippen molar-refractivity contribution >= 4 is 20.0 Å². The first-order valence-electron chi connectivity index (χ1n) is 7.91. The Morgan fingerprint density at radius 1 is 0.700 bits per heavy atom. The van der Waals surface area contributed by atoms with E-state index in [-0.39, 0.29) is 13.2 Å². The van der Waals surface area contributed by atoms with Crippen molar-refractivity contribution in [1.82, 2.24) is 8.61 Å². The maximum absolute atomic E-state index is 14.1. The van der Waals surface area contributed by atoms with Crippen LogP contribution in [-0.4, -0.2) is 100 Å². The summed E-state index contributed by atoms with van der Waals surface area (Å²) >= 11 is 0. The van der Waals surface area contributed by atoms with E-state index in [0.29, 0.717) is 14.1 Å². The lowest BCUT2D eigenvalue weighted by Gasteiger charge is -2.37. The Morgan fingerprint density at radius 2 is 0.933 bits per heavy atom. The summed E-state index contributed by atoms with van der Waals surface area (Å²) in [5.41, 5.74) is 0. The normalized spacial score (nSPS) is 23.9. The van der Waals surface area contributed by atoms with Crippen molar-refractivity contribution in [2.24, 2.45) is 0 Å². The molecule has 0 N–H and O–H groups in total. The van der Waals surface area contributed by atoms with Crippen LogP contribution in [0.25, 0.3) is 0 Å². The highest BCUT2D eigenvalue weighted by Gasteiger charge is 2.88. The molecular formula is C12H16F8N2O6S2. The minimum Gasteiger partial charge on any atom is -0.372 e. The summed E-state index contributed by atoms with van der Waals surface area (Å²) in [6, 6.07) is 0. The van der Waals surface area contributed by atoms with E-state index in [1.807, 2.05) is 0 Å². The van der Waals surface area contributed by atoms with Gasteiger partial charge in [-0.1, -0.05) is 0 Å². The highest BCUT2D eigenvalue weighted by Crippen LogP contribution is 2.56. The number of hydrogen-bond donors (Lipinski definition) is 0. The van der Waals surface area contributed by atoms with Crippen LogP contribution in [-0.2, 0) is 29.5 Å². The van der Waals surface area contributed by atoms with Gasteiger partial charge in [0.2, 0.25) is 0 Å². The van der Waals surface area contributed by atoms with Gasteiger partial charge in [0.15, 0.2) is 0 Å². The smallest absolute Gasteiger partial charge is 0.372 e. The van der Waals surface area contributed by atoms with E-state index >= 15 is 0 Å². The van der Waals surface area contributed by atoms with E-state index in [2.05, 4.69) is 9.47 Å². The molecule has 0 aromatic carbocycles. The number of epoxide rings is 2. The molecule has 2 saturated heterocycles. The number of nitrogens with zero attached hydrogens (tertiary/aromatic N) is 2. The summed E-state index contributed by atoms with van der Waals surface area (Å²) in [5.74, 6) is -14.7. The van der Waals surface area contributed by atoms with E-state index in [1.54, 1.807) is 0 Å². The van der Waals surface area contributed by atoms with Crippen molar-refractivity contribution in [3.63, 3.8) is 0 Å². The third-order valence-electron chi connectivity index (χ3n) is 4.32. The molecule has 0 saturated carbocycles. The highest BCUT2D eigenvalue weighted by atomic mass is 32.2. The van der Waals surface area contributed by atoms with E-state index in [1.165, 1.54) is 0 Å². The van der Waals surface area contributed by atoms with Gasteiger partial charge in [0.05, 0.1) is 25.4 Å². The molecule has 0 spiro atoms. The Morgan fingerprint density at radius 3 is 1.13 bits per heavy atom. The molecule has 2 unspecified atom stereocenters. The topological polar surface area (TPSA) is 99.8 Å². The monoisotopic (exact) mass is 500 g/mol. The van der Waals surface area contributed by atoms with Gasteiger partial charge in [-0.3, -0.25) is 0 Å². The first kappa shape index (κ1) is 25.4. The average Bonchev–Trinajstić information content (AvgIpc) is 3.50. The number of sulfonamides is 2. The van der Waals surface area contributed by atoms with Crippen molar-refractivity contribution in [3.8, 4) is 0 Å². The first-order valence-corrected chi connectivity index (χ1v) is 10.8. The van der Waals surface area contributed by atoms with Gasteiger partial charge in [-0.25, -0.2) is 16.8 Å². The van der Waals surface area contributed by atoms with Gasteiger partial charge >= 0.3 is 22.4 Å². The lowest BCUT2D eigenvalue weighted by Crippen LogP contribution is -2.68. The molecule has 2 atom stereocenters. The minimum absolute atomic E-state index is 0.134.